The van der Waals surface area contributed by atoms with Gasteiger partial charge in [0, 0.05) is 19.0 Å². The van der Waals surface area contributed by atoms with Crippen molar-refractivity contribution in [3.63, 3.8) is 0 Å². The van der Waals surface area contributed by atoms with E-state index < -0.39 is 0 Å². The topological polar surface area (TPSA) is 55.1 Å². The van der Waals surface area contributed by atoms with E-state index in [1.807, 2.05) is 6.07 Å². The van der Waals surface area contributed by atoms with Crippen LogP contribution in [-0.4, -0.2) is 17.6 Å². The van der Waals surface area contributed by atoms with E-state index in [0.717, 1.165) is 24.8 Å². The van der Waals surface area contributed by atoms with Crippen molar-refractivity contribution < 1.29 is 13.7 Å². The third-order valence-corrected chi connectivity index (χ3v) is 5.16. The summed E-state index contributed by atoms with van der Waals surface area (Å²) in [4.78, 5) is 12.5. The Bertz CT molecular complexity index is 1070. The zero-order valence-corrected chi connectivity index (χ0v) is 18.4. The fourth-order valence-electron chi connectivity index (χ4n) is 3.50. The second-order valence-electron chi connectivity index (χ2n) is 7.83. The van der Waals surface area contributed by atoms with Crippen molar-refractivity contribution in [2.45, 2.75) is 46.5 Å². The molecular formula is C26H29FN2O2. The number of rotatable bonds is 9. The molecule has 2 aromatic carbocycles. The molecule has 1 N–H and O–H groups in total. The van der Waals surface area contributed by atoms with Crippen LogP contribution in [-0.2, 0) is 6.42 Å². The van der Waals surface area contributed by atoms with Crippen LogP contribution in [0.2, 0.25) is 0 Å². The van der Waals surface area contributed by atoms with Crippen molar-refractivity contribution in [1.82, 2.24) is 10.5 Å². The summed E-state index contributed by atoms with van der Waals surface area (Å²) in [6.07, 6.45) is 5.47. The van der Waals surface area contributed by atoms with E-state index in [-0.39, 0.29) is 17.4 Å². The Labute approximate surface area is 183 Å². The Kier molecular flexibility index (Phi) is 7.76. The van der Waals surface area contributed by atoms with Gasteiger partial charge >= 0.3 is 0 Å². The molecule has 0 unspecified atom stereocenters. The summed E-state index contributed by atoms with van der Waals surface area (Å²) in [6, 6.07) is 14.4. The lowest BCUT2D eigenvalue weighted by Crippen LogP contribution is -2.25. The van der Waals surface area contributed by atoms with Crippen LogP contribution in [0.5, 0.6) is 0 Å². The van der Waals surface area contributed by atoms with Gasteiger partial charge in [0.2, 0.25) is 0 Å². The number of nitrogens with one attached hydrogen (secondary N) is 1. The van der Waals surface area contributed by atoms with E-state index in [4.69, 9.17) is 4.52 Å². The lowest BCUT2D eigenvalue weighted by Gasteiger charge is -2.13. The molecular weight excluding hydrogens is 391 g/mol. The minimum Gasteiger partial charge on any atom is -0.360 e. The van der Waals surface area contributed by atoms with Gasteiger partial charge in [0.25, 0.3) is 5.91 Å². The smallest absolute Gasteiger partial charge is 0.273 e. The molecule has 0 radical (unpaired) electrons. The van der Waals surface area contributed by atoms with Gasteiger partial charge in [-0.15, -0.1) is 0 Å². The molecule has 0 spiro atoms. The second-order valence-corrected chi connectivity index (χ2v) is 7.83. The normalized spacial score (nSPS) is 11.5. The quantitative estimate of drug-likeness (QED) is 0.460. The number of carbonyl (C=O) groups is 1. The van der Waals surface area contributed by atoms with Crippen molar-refractivity contribution in [1.29, 1.82) is 0 Å². The molecule has 0 aliphatic carbocycles. The van der Waals surface area contributed by atoms with Crippen molar-refractivity contribution in [3.05, 3.63) is 94.1 Å². The molecule has 1 amide bonds. The number of benzene rings is 2. The van der Waals surface area contributed by atoms with E-state index in [9.17, 15) is 9.18 Å². The third-order valence-electron chi connectivity index (χ3n) is 5.16. The molecule has 5 heteroatoms. The fraction of sp³-hybridized carbons (Fsp3) is 0.308. The number of hydrogen-bond donors (Lipinski definition) is 1. The number of nitrogens with zero attached hydrogens (tertiary/aromatic N) is 1. The third kappa shape index (κ3) is 6.38. The van der Waals surface area contributed by atoms with Gasteiger partial charge in [-0.1, -0.05) is 60.5 Å². The van der Waals surface area contributed by atoms with E-state index in [1.165, 1.54) is 34.4 Å². The minimum absolute atomic E-state index is 0.234. The molecule has 0 saturated carbocycles. The minimum atomic E-state index is -0.300. The molecule has 0 aliphatic rings. The average molecular weight is 421 g/mol. The van der Waals surface area contributed by atoms with Gasteiger partial charge in [-0.3, -0.25) is 4.79 Å². The van der Waals surface area contributed by atoms with Crippen LogP contribution < -0.4 is 5.32 Å². The Morgan fingerprint density at radius 2 is 2.00 bits per heavy atom. The molecule has 1 heterocycles. The highest BCUT2D eigenvalue weighted by Crippen LogP contribution is 2.24. The van der Waals surface area contributed by atoms with E-state index >= 15 is 0 Å². The van der Waals surface area contributed by atoms with Crippen LogP contribution in [0.4, 0.5) is 4.39 Å². The molecule has 4 nitrogen and oxygen atoms in total. The standard InChI is InChI=1S/C26H29FN2O2/c1-4-5-8-21(24-14-18(2)10-11-19(24)3)12-13-28-26(30)25-17-23(31-29-25)16-20-7-6-9-22(27)15-20/h6-11,14-15,17H,4-5,12-13,16H2,1-3H3,(H,28,30). The number of aromatic nitrogens is 1. The van der Waals surface area contributed by atoms with Crippen molar-refractivity contribution in [3.8, 4) is 0 Å². The summed E-state index contributed by atoms with van der Waals surface area (Å²) >= 11 is 0. The van der Waals surface area contributed by atoms with Gasteiger partial charge in [0.15, 0.2) is 5.69 Å². The largest absolute Gasteiger partial charge is 0.360 e. The van der Waals surface area contributed by atoms with Crippen LogP contribution in [0.1, 0.15) is 64.7 Å². The molecule has 0 bridgehead atoms. The predicted octanol–water partition coefficient (Wildman–Crippen LogP) is 6.02. The Balaban J connectivity index is 1.60. The summed E-state index contributed by atoms with van der Waals surface area (Å²) in [7, 11) is 0. The lowest BCUT2D eigenvalue weighted by atomic mass is 9.95. The highest BCUT2D eigenvalue weighted by atomic mass is 19.1. The first-order valence-corrected chi connectivity index (χ1v) is 10.7. The Morgan fingerprint density at radius 3 is 2.77 bits per heavy atom. The van der Waals surface area contributed by atoms with E-state index in [2.05, 4.69) is 55.5 Å². The highest BCUT2D eigenvalue weighted by molar-refractivity contribution is 5.92. The SMILES string of the molecule is CCCC=C(CCNC(=O)c1cc(Cc2cccc(F)c2)on1)c1cc(C)ccc1C. The second kappa shape index (κ2) is 10.7. The molecule has 0 fully saturated rings. The highest BCUT2D eigenvalue weighted by Gasteiger charge is 2.14. The molecule has 0 aliphatic heterocycles. The average Bonchev–Trinajstić information content (AvgIpc) is 3.21. The summed E-state index contributed by atoms with van der Waals surface area (Å²) in [5, 5.41) is 6.80. The molecule has 3 rings (SSSR count). The first-order valence-electron chi connectivity index (χ1n) is 10.7. The fourth-order valence-corrected chi connectivity index (χ4v) is 3.50. The zero-order valence-electron chi connectivity index (χ0n) is 18.4. The number of carbonyl (C=O) groups excluding carboxylic acids is 1. The number of hydrogen-bond acceptors (Lipinski definition) is 3. The summed E-state index contributed by atoms with van der Waals surface area (Å²) in [5.74, 6) is -0.0505. The monoisotopic (exact) mass is 420 g/mol. The van der Waals surface area contributed by atoms with Gasteiger partial charge in [-0.25, -0.2) is 4.39 Å². The van der Waals surface area contributed by atoms with Crippen LogP contribution >= 0.6 is 0 Å². The van der Waals surface area contributed by atoms with E-state index in [1.54, 1.807) is 12.1 Å². The summed E-state index contributed by atoms with van der Waals surface area (Å²) in [6.45, 7) is 6.87. The molecule has 3 aromatic rings. The predicted molar refractivity (Wildman–Crippen MR) is 121 cm³/mol. The first kappa shape index (κ1) is 22.5. The van der Waals surface area contributed by atoms with Crippen molar-refractivity contribution in [2.24, 2.45) is 0 Å². The van der Waals surface area contributed by atoms with Crippen LogP contribution in [0.15, 0.2) is 59.1 Å². The number of allylic oxidation sites excluding steroid dienone is 1. The van der Waals surface area contributed by atoms with Crippen molar-refractivity contribution in [2.75, 3.05) is 6.54 Å². The molecule has 0 saturated heterocycles. The lowest BCUT2D eigenvalue weighted by molar-refractivity contribution is 0.0945. The maximum atomic E-state index is 13.3. The summed E-state index contributed by atoms with van der Waals surface area (Å²) in [5.41, 5.74) is 5.94. The van der Waals surface area contributed by atoms with Gasteiger partial charge < -0.3 is 9.84 Å². The Hall–Kier alpha value is -3.21. The maximum Gasteiger partial charge on any atom is 0.273 e. The van der Waals surface area contributed by atoms with Crippen LogP contribution in [0.25, 0.3) is 5.57 Å². The molecule has 1 aromatic heterocycles. The van der Waals surface area contributed by atoms with Gasteiger partial charge in [-0.2, -0.15) is 0 Å². The molecule has 0 atom stereocenters. The zero-order chi connectivity index (χ0) is 22.2. The van der Waals surface area contributed by atoms with Gasteiger partial charge in [0.1, 0.15) is 11.6 Å². The first-order chi connectivity index (χ1) is 15.0. The number of unbranched alkanes of at least 4 members (excludes halogenated alkanes) is 1. The maximum absolute atomic E-state index is 13.3. The number of aryl methyl sites for hydroxylation is 2. The molecule has 162 valence electrons. The van der Waals surface area contributed by atoms with Crippen LogP contribution in [0.3, 0.4) is 0 Å². The Morgan fingerprint density at radius 1 is 1.16 bits per heavy atom. The van der Waals surface area contributed by atoms with Gasteiger partial charge in [-0.05, 0) is 61.1 Å². The number of halogens is 1. The summed E-state index contributed by atoms with van der Waals surface area (Å²) < 4.78 is 18.6. The van der Waals surface area contributed by atoms with Crippen LogP contribution in [0, 0.1) is 19.7 Å². The van der Waals surface area contributed by atoms with Crippen molar-refractivity contribution >= 4 is 11.5 Å². The van der Waals surface area contributed by atoms with Gasteiger partial charge in [0.05, 0.1) is 0 Å². The number of amides is 1. The van der Waals surface area contributed by atoms with E-state index in [0.29, 0.717) is 18.7 Å². The molecule has 31 heavy (non-hydrogen) atoms.